The molecule has 0 saturated heterocycles. The van der Waals surface area contributed by atoms with E-state index in [1.807, 2.05) is 27.0 Å². The summed E-state index contributed by atoms with van der Waals surface area (Å²) in [6.45, 7) is 8.50. The Morgan fingerprint density at radius 2 is 2.11 bits per heavy atom. The van der Waals surface area contributed by atoms with E-state index < -0.39 is 0 Å². The van der Waals surface area contributed by atoms with Crippen LogP contribution in [0.1, 0.15) is 48.8 Å². The first-order valence-corrected chi connectivity index (χ1v) is 6.25. The fraction of sp³-hybridized carbons (Fsp3) is 0.538. The molecule has 2 aromatic heterocycles. The highest BCUT2D eigenvalue weighted by molar-refractivity contribution is 5.10. The van der Waals surface area contributed by atoms with E-state index in [-0.39, 0.29) is 6.04 Å². The van der Waals surface area contributed by atoms with Gasteiger partial charge in [0.05, 0.1) is 11.4 Å². The van der Waals surface area contributed by atoms with Gasteiger partial charge in [0.1, 0.15) is 18.1 Å². The monoisotopic (exact) mass is 248 g/mol. The van der Waals surface area contributed by atoms with Crippen molar-refractivity contribution >= 4 is 0 Å². The quantitative estimate of drug-likeness (QED) is 0.899. The summed E-state index contributed by atoms with van der Waals surface area (Å²) in [5.74, 6) is 2.60. The molecule has 2 N–H and O–H groups in total. The van der Waals surface area contributed by atoms with E-state index in [2.05, 4.69) is 21.5 Å². The highest BCUT2D eigenvalue weighted by Gasteiger charge is 2.12. The molecule has 0 aromatic carbocycles. The molecule has 5 nitrogen and oxygen atoms in total. The van der Waals surface area contributed by atoms with E-state index in [1.54, 1.807) is 0 Å². The predicted molar refractivity (Wildman–Crippen MR) is 69.3 cm³/mol. The van der Waals surface area contributed by atoms with Crippen molar-refractivity contribution in [1.82, 2.24) is 14.5 Å². The molecule has 0 aliphatic rings. The van der Waals surface area contributed by atoms with Gasteiger partial charge in [-0.15, -0.1) is 0 Å². The van der Waals surface area contributed by atoms with Crippen LogP contribution in [0.25, 0.3) is 0 Å². The van der Waals surface area contributed by atoms with E-state index in [0.29, 0.717) is 12.4 Å². The summed E-state index contributed by atoms with van der Waals surface area (Å²) in [6.07, 6.45) is 2.85. The smallest absolute Gasteiger partial charge is 0.214 e. The highest BCUT2D eigenvalue weighted by Crippen LogP contribution is 2.14. The molecule has 1 unspecified atom stereocenters. The lowest BCUT2D eigenvalue weighted by Gasteiger charge is -2.02. The maximum atomic E-state index is 5.86. The Morgan fingerprint density at radius 3 is 2.61 bits per heavy atom. The maximum absolute atomic E-state index is 5.86. The fourth-order valence-electron chi connectivity index (χ4n) is 1.87. The maximum Gasteiger partial charge on any atom is 0.214 e. The molecule has 0 amide bonds. The summed E-state index contributed by atoms with van der Waals surface area (Å²) < 4.78 is 7.66. The lowest BCUT2D eigenvalue weighted by atomic mass is 10.3. The zero-order valence-corrected chi connectivity index (χ0v) is 11.4. The van der Waals surface area contributed by atoms with E-state index >= 15 is 0 Å². The van der Waals surface area contributed by atoms with Gasteiger partial charge >= 0.3 is 0 Å². The number of hydrogen-bond donors (Lipinski definition) is 1. The molecule has 5 heteroatoms. The van der Waals surface area contributed by atoms with Gasteiger partial charge in [-0.3, -0.25) is 0 Å². The van der Waals surface area contributed by atoms with Gasteiger partial charge in [-0.1, -0.05) is 6.92 Å². The van der Waals surface area contributed by atoms with Crippen molar-refractivity contribution in [2.45, 2.75) is 46.7 Å². The Labute approximate surface area is 107 Å². The second kappa shape index (κ2) is 4.94. The van der Waals surface area contributed by atoms with Gasteiger partial charge in [-0.25, -0.2) is 9.97 Å². The first kappa shape index (κ1) is 12.8. The number of aromatic nitrogens is 3. The number of imidazole rings is 1. The number of hydrogen-bond acceptors (Lipinski definition) is 4. The van der Waals surface area contributed by atoms with Crippen molar-refractivity contribution in [3.63, 3.8) is 0 Å². The number of aryl methyl sites for hydroxylation is 3. The zero-order chi connectivity index (χ0) is 13.3. The molecule has 0 spiro atoms. The van der Waals surface area contributed by atoms with Crippen LogP contribution in [0, 0.1) is 13.8 Å². The fourth-order valence-corrected chi connectivity index (χ4v) is 1.87. The minimum Gasteiger partial charge on any atom is -0.444 e. The molecule has 18 heavy (non-hydrogen) atoms. The Morgan fingerprint density at radius 1 is 1.39 bits per heavy atom. The van der Waals surface area contributed by atoms with Crippen LogP contribution in [0.2, 0.25) is 0 Å². The Balaban J connectivity index is 2.27. The molecule has 2 aromatic rings. The van der Waals surface area contributed by atoms with Crippen LogP contribution in [0.5, 0.6) is 0 Å². The Hall–Kier alpha value is -1.62. The Bertz CT molecular complexity index is 520. The summed E-state index contributed by atoms with van der Waals surface area (Å²) in [7, 11) is 0. The van der Waals surface area contributed by atoms with Gasteiger partial charge in [0.15, 0.2) is 0 Å². The topological polar surface area (TPSA) is 69.9 Å². The number of nitrogens with zero attached hydrogens (tertiary/aromatic N) is 3. The largest absolute Gasteiger partial charge is 0.444 e. The van der Waals surface area contributed by atoms with Crippen LogP contribution in [0.15, 0.2) is 10.6 Å². The molecule has 0 bridgehead atoms. The molecular formula is C13H20N4O. The average Bonchev–Trinajstić information content (AvgIpc) is 2.84. The van der Waals surface area contributed by atoms with E-state index in [9.17, 15) is 0 Å². The van der Waals surface area contributed by atoms with E-state index in [4.69, 9.17) is 10.2 Å². The van der Waals surface area contributed by atoms with Gasteiger partial charge < -0.3 is 14.7 Å². The summed E-state index contributed by atoms with van der Waals surface area (Å²) in [4.78, 5) is 8.91. The number of rotatable bonds is 4. The Kier molecular flexibility index (Phi) is 3.52. The average molecular weight is 248 g/mol. The van der Waals surface area contributed by atoms with Crippen molar-refractivity contribution in [2.24, 2.45) is 5.73 Å². The van der Waals surface area contributed by atoms with Crippen molar-refractivity contribution in [2.75, 3.05) is 0 Å². The van der Waals surface area contributed by atoms with Gasteiger partial charge in [-0.2, -0.15) is 0 Å². The third-order valence-corrected chi connectivity index (χ3v) is 3.04. The molecule has 0 aliphatic carbocycles. The van der Waals surface area contributed by atoms with Crippen molar-refractivity contribution in [3.05, 3.63) is 35.1 Å². The molecule has 0 saturated carbocycles. The molecule has 0 aliphatic heterocycles. The van der Waals surface area contributed by atoms with Gasteiger partial charge in [0, 0.05) is 18.7 Å². The molecule has 2 heterocycles. The van der Waals surface area contributed by atoms with Gasteiger partial charge in [-0.05, 0) is 20.8 Å². The van der Waals surface area contributed by atoms with Gasteiger partial charge in [0.2, 0.25) is 5.89 Å². The molecule has 0 radical (unpaired) electrons. The normalized spacial score (nSPS) is 12.9. The van der Waals surface area contributed by atoms with Crippen LogP contribution in [-0.2, 0) is 13.0 Å². The van der Waals surface area contributed by atoms with Crippen LogP contribution >= 0.6 is 0 Å². The van der Waals surface area contributed by atoms with Gasteiger partial charge in [0.25, 0.3) is 0 Å². The van der Waals surface area contributed by atoms with E-state index in [1.165, 1.54) is 0 Å². The second-order valence-electron chi connectivity index (χ2n) is 4.60. The summed E-state index contributed by atoms with van der Waals surface area (Å²) in [5, 5.41) is 0. The van der Waals surface area contributed by atoms with Crippen LogP contribution in [0.3, 0.4) is 0 Å². The third kappa shape index (κ3) is 2.46. The number of oxazole rings is 1. The van der Waals surface area contributed by atoms with Crippen LogP contribution in [0.4, 0.5) is 0 Å². The van der Waals surface area contributed by atoms with E-state index in [0.717, 1.165) is 29.4 Å². The molecule has 1 atom stereocenters. The molecule has 98 valence electrons. The van der Waals surface area contributed by atoms with Crippen molar-refractivity contribution in [3.8, 4) is 0 Å². The lowest BCUT2D eigenvalue weighted by Crippen LogP contribution is -2.05. The third-order valence-electron chi connectivity index (χ3n) is 3.04. The SMILES string of the molecule is CCc1nc(C(C)N)cn1Cc1nc(C)c(C)o1. The zero-order valence-electron chi connectivity index (χ0n) is 11.4. The van der Waals surface area contributed by atoms with Crippen molar-refractivity contribution < 1.29 is 4.42 Å². The first-order chi connectivity index (χ1) is 8.51. The van der Waals surface area contributed by atoms with Crippen molar-refractivity contribution in [1.29, 1.82) is 0 Å². The second-order valence-corrected chi connectivity index (χ2v) is 4.60. The molecule has 0 fully saturated rings. The minimum absolute atomic E-state index is 0.0513. The number of nitrogens with two attached hydrogens (primary N) is 1. The highest BCUT2D eigenvalue weighted by atomic mass is 16.4. The van der Waals surface area contributed by atoms with Crippen LogP contribution < -0.4 is 5.73 Å². The first-order valence-electron chi connectivity index (χ1n) is 6.25. The lowest BCUT2D eigenvalue weighted by molar-refractivity contribution is 0.453. The predicted octanol–water partition coefficient (Wildman–Crippen LogP) is 2.12. The standard InChI is InChI=1S/C13H20N4O/c1-5-12-16-11(8(2)14)6-17(12)7-13-15-9(3)10(4)18-13/h6,8H,5,7,14H2,1-4H3. The summed E-state index contributed by atoms with van der Waals surface area (Å²) in [5.41, 5.74) is 7.71. The molecular weight excluding hydrogens is 228 g/mol. The minimum atomic E-state index is -0.0513. The summed E-state index contributed by atoms with van der Waals surface area (Å²) in [6, 6.07) is -0.0513. The molecule has 2 rings (SSSR count). The summed E-state index contributed by atoms with van der Waals surface area (Å²) >= 11 is 0. The van der Waals surface area contributed by atoms with Crippen LogP contribution in [-0.4, -0.2) is 14.5 Å².